The number of hydrogen-bond acceptors (Lipinski definition) is 7. The highest BCUT2D eigenvalue weighted by Crippen LogP contribution is 2.34. The molecule has 0 amide bonds. The van der Waals surface area contributed by atoms with Gasteiger partial charge in [-0.1, -0.05) is 5.16 Å². The van der Waals surface area contributed by atoms with Gasteiger partial charge in [-0.05, 0) is 51.5 Å². The quantitative estimate of drug-likeness (QED) is 0.915. The van der Waals surface area contributed by atoms with Crippen molar-refractivity contribution in [2.75, 3.05) is 39.5 Å². The van der Waals surface area contributed by atoms with Crippen LogP contribution in [0.5, 0.6) is 0 Å². The number of rotatable bonds is 2. The van der Waals surface area contributed by atoms with Crippen LogP contribution in [0.15, 0.2) is 9.90 Å². The average Bonchev–Trinajstić information content (AvgIpc) is 3.00. The van der Waals surface area contributed by atoms with E-state index in [0.29, 0.717) is 5.89 Å². The first-order valence-electron chi connectivity index (χ1n) is 7.12. The summed E-state index contributed by atoms with van der Waals surface area (Å²) in [5.74, 6) is 1.27. The standard InChI is InChI=1S/C14H21N5OS/c1-9-8-21-12(11(9)15)14-16-13(17-20-14)10-7-18(2)5-4-6-19(10)3/h8,10H,4-7,15H2,1-3H3. The van der Waals surface area contributed by atoms with Crippen molar-refractivity contribution in [3.8, 4) is 10.8 Å². The van der Waals surface area contributed by atoms with Crippen LogP contribution in [-0.4, -0.2) is 53.7 Å². The molecule has 2 aromatic heterocycles. The van der Waals surface area contributed by atoms with E-state index in [9.17, 15) is 0 Å². The minimum Gasteiger partial charge on any atom is -0.397 e. The molecule has 1 fully saturated rings. The highest BCUT2D eigenvalue weighted by atomic mass is 32.1. The third kappa shape index (κ3) is 2.81. The molecule has 0 spiro atoms. The zero-order valence-electron chi connectivity index (χ0n) is 12.7. The Morgan fingerprint density at radius 2 is 2.19 bits per heavy atom. The van der Waals surface area contributed by atoms with Crippen LogP contribution in [0.2, 0.25) is 0 Å². The van der Waals surface area contributed by atoms with Crippen molar-refractivity contribution in [1.82, 2.24) is 19.9 Å². The molecule has 3 rings (SSSR count). The fraction of sp³-hybridized carbons (Fsp3) is 0.571. The third-order valence-electron chi connectivity index (χ3n) is 4.02. The summed E-state index contributed by atoms with van der Waals surface area (Å²) >= 11 is 1.55. The Hall–Kier alpha value is -1.44. The average molecular weight is 307 g/mol. The van der Waals surface area contributed by atoms with Crippen molar-refractivity contribution in [1.29, 1.82) is 0 Å². The second kappa shape index (κ2) is 5.75. The minimum absolute atomic E-state index is 0.164. The van der Waals surface area contributed by atoms with E-state index < -0.39 is 0 Å². The lowest BCUT2D eigenvalue weighted by Crippen LogP contribution is -2.31. The molecular weight excluding hydrogens is 286 g/mol. The van der Waals surface area contributed by atoms with Gasteiger partial charge in [0.25, 0.3) is 5.89 Å². The summed E-state index contributed by atoms with van der Waals surface area (Å²) in [5, 5.41) is 6.20. The molecule has 3 heterocycles. The van der Waals surface area contributed by atoms with Crippen LogP contribution in [0.4, 0.5) is 5.69 Å². The van der Waals surface area contributed by atoms with Crippen molar-refractivity contribution in [3.63, 3.8) is 0 Å². The topological polar surface area (TPSA) is 71.4 Å². The summed E-state index contributed by atoms with van der Waals surface area (Å²) in [5.41, 5.74) is 7.85. The number of likely N-dealkylation sites (N-methyl/N-ethyl adjacent to an activating group) is 2. The van der Waals surface area contributed by atoms with E-state index in [1.807, 2.05) is 12.3 Å². The summed E-state index contributed by atoms with van der Waals surface area (Å²) in [6.45, 7) is 5.04. The van der Waals surface area contributed by atoms with Crippen LogP contribution in [0.3, 0.4) is 0 Å². The number of nitrogens with zero attached hydrogens (tertiary/aromatic N) is 4. The highest BCUT2D eigenvalue weighted by molar-refractivity contribution is 7.14. The van der Waals surface area contributed by atoms with Gasteiger partial charge in [-0.3, -0.25) is 4.90 Å². The Bertz CT molecular complexity index is 623. The van der Waals surface area contributed by atoms with Crippen molar-refractivity contribution in [3.05, 3.63) is 16.8 Å². The Kier molecular flexibility index (Phi) is 3.97. The second-order valence-electron chi connectivity index (χ2n) is 5.73. The van der Waals surface area contributed by atoms with Crippen LogP contribution < -0.4 is 5.73 Å². The van der Waals surface area contributed by atoms with Gasteiger partial charge >= 0.3 is 0 Å². The number of anilines is 1. The van der Waals surface area contributed by atoms with E-state index in [4.69, 9.17) is 10.3 Å². The molecule has 0 aromatic carbocycles. The van der Waals surface area contributed by atoms with Crippen molar-refractivity contribution in [2.24, 2.45) is 0 Å². The van der Waals surface area contributed by atoms with Crippen LogP contribution in [0.1, 0.15) is 23.9 Å². The van der Waals surface area contributed by atoms with Crippen LogP contribution >= 0.6 is 11.3 Å². The van der Waals surface area contributed by atoms with Gasteiger partial charge in [-0.2, -0.15) is 4.98 Å². The molecule has 21 heavy (non-hydrogen) atoms. The predicted molar refractivity (Wildman–Crippen MR) is 84.2 cm³/mol. The number of aryl methyl sites for hydroxylation is 1. The lowest BCUT2D eigenvalue weighted by Gasteiger charge is -2.24. The molecule has 1 atom stereocenters. The number of thiophene rings is 1. The zero-order valence-corrected chi connectivity index (χ0v) is 13.5. The maximum atomic E-state index is 6.06. The van der Waals surface area contributed by atoms with Crippen LogP contribution in [0.25, 0.3) is 10.8 Å². The molecular formula is C14H21N5OS. The van der Waals surface area contributed by atoms with Gasteiger partial charge in [-0.25, -0.2) is 0 Å². The molecule has 1 unspecified atom stereocenters. The Labute approximate surface area is 128 Å². The van der Waals surface area contributed by atoms with E-state index >= 15 is 0 Å². The minimum atomic E-state index is 0.164. The summed E-state index contributed by atoms with van der Waals surface area (Å²) in [4.78, 5) is 10.1. The first-order valence-corrected chi connectivity index (χ1v) is 8.00. The number of nitrogen functional groups attached to an aromatic ring is 1. The highest BCUT2D eigenvalue weighted by Gasteiger charge is 2.27. The predicted octanol–water partition coefficient (Wildman–Crippen LogP) is 2.00. The molecule has 0 aliphatic carbocycles. The van der Waals surface area contributed by atoms with E-state index in [2.05, 4.69) is 34.0 Å². The van der Waals surface area contributed by atoms with Gasteiger partial charge in [0.2, 0.25) is 0 Å². The lowest BCUT2D eigenvalue weighted by atomic mass is 10.2. The number of nitrogens with two attached hydrogens (primary N) is 1. The van der Waals surface area contributed by atoms with Gasteiger partial charge in [0.1, 0.15) is 4.88 Å². The molecule has 2 N–H and O–H groups in total. The van der Waals surface area contributed by atoms with Crippen molar-refractivity contribution >= 4 is 17.0 Å². The summed E-state index contributed by atoms with van der Waals surface area (Å²) in [6.07, 6.45) is 1.16. The maximum absolute atomic E-state index is 6.06. The summed E-state index contributed by atoms with van der Waals surface area (Å²) in [6, 6.07) is 0.164. The fourth-order valence-corrected chi connectivity index (χ4v) is 3.53. The van der Waals surface area contributed by atoms with Gasteiger partial charge in [-0.15, -0.1) is 11.3 Å². The lowest BCUT2D eigenvalue weighted by molar-refractivity contribution is 0.215. The fourth-order valence-electron chi connectivity index (χ4n) is 2.63. The van der Waals surface area contributed by atoms with Gasteiger partial charge in [0, 0.05) is 6.54 Å². The SMILES string of the molecule is Cc1csc(-c2nc(C3CN(C)CCCN3C)no2)c1N. The largest absolute Gasteiger partial charge is 0.397 e. The van der Waals surface area contributed by atoms with E-state index in [0.717, 1.165) is 48.0 Å². The smallest absolute Gasteiger partial charge is 0.270 e. The Morgan fingerprint density at radius 3 is 2.90 bits per heavy atom. The number of aromatic nitrogens is 2. The van der Waals surface area contributed by atoms with Gasteiger partial charge in [0.15, 0.2) is 5.82 Å². The Balaban J connectivity index is 1.88. The molecule has 0 saturated carbocycles. The van der Waals surface area contributed by atoms with E-state index in [-0.39, 0.29) is 6.04 Å². The first kappa shape index (κ1) is 14.5. The summed E-state index contributed by atoms with van der Waals surface area (Å²) in [7, 11) is 4.25. The molecule has 0 bridgehead atoms. The monoisotopic (exact) mass is 307 g/mol. The molecule has 1 saturated heterocycles. The van der Waals surface area contributed by atoms with Gasteiger partial charge in [0.05, 0.1) is 11.7 Å². The van der Waals surface area contributed by atoms with Crippen molar-refractivity contribution in [2.45, 2.75) is 19.4 Å². The van der Waals surface area contributed by atoms with Crippen LogP contribution in [0, 0.1) is 6.92 Å². The maximum Gasteiger partial charge on any atom is 0.270 e. The van der Waals surface area contributed by atoms with Gasteiger partial charge < -0.3 is 15.2 Å². The normalized spacial score (nSPS) is 21.6. The molecule has 6 nitrogen and oxygen atoms in total. The molecule has 2 aromatic rings. The molecule has 114 valence electrons. The Morgan fingerprint density at radius 1 is 1.38 bits per heavy atom. The first-order chi connectivity index (χ1) is 10.1. The van der Waals surface area contributed by atoms with Crippen molar-refractivity contribution < 1.29 is 4.52 Å². The molecule has 1 aliphatic heterocycles. The van der Waals surface area contributed by atoms with E-state index in [1.165, 1.54) is 0 Å². The molecule has 1 aliphatic rings. The third-order valence-corrected chi connectivity index (χ3v) is 5.13. The molecule has 7 heteroatoms. The number of hydrogen-bond donors (Lipinski definition) is 1. The van der Waals surface area contributed by atoms with E-state index in [1.54, 1.807) is 11.3 Å². The summed E-state index contributed by atoms with van der Waals surface area (Å²) < 4.78 is 5.45. The molecule has 0 radical (unpaired) electrons. The zero-order chi connectivity index (χ0) is 15.0. The second-order valence-corrected chi connectivity index (χ2v) is 6.61. The van der Waals surface area contributed by atoms with Crippen LogP contribution in [-0.2, 0) is 0 Å².